The maximum absolute atomic E-state index is 12.0. The molecular formula is C12H23NO6S. The van der Waals surface area contributed by atoms with Crippen LogP contribution in [0.1, 0.15) is 25.7 Å². The first-order valence-electron chi connectivity index (χ1n) is 6.60. The zero-order chi connectivity index (χ0) is 15.2. The third kappa shape index (κ3) is 5.35. The van der Waals surface area contributed by atoms with E-state index in [4.69, 9.17) is 4.74 Å². The molecule has 0 aromatic rings. The summed E-state index contributed by atoms with van der Waals surface area (Å²) in [4.78, 5) is 11.0. The van der Waals surface area contributed by atoms with Crippen molar-refractivity contribution >= 4 is 16.0 Å². The monoisotopic (exact) mass is 309 g/mol. The zero-order valence-electron chi connectivity index (χ0n) is 12.0. The van der Waals surface area contributed by atoms with Crippen molar-refractivity contribution in [2.45, 2.75) is 31.3 Å². The maximum Gasteiger partial charge on any atom is 0.305 e. The quantitative estimate of drug-likeness (QED) is 0.652. The van der Waals surface area contributed by atoms with Gasteiger partial charge in [-0.25, -0.2) is 12.7 Å². The van der Waals surface area contributed by atoms with E-state index in [-0.39, 0.29) is 25.1 Å². The molecule has 0 aliphatic carbocycles. The van der Waals surface area contributed by atoms with Crippen LogP contribution in [0.15, 0.2) is 0 Å². The van der Waals surface area contributed by atoms with Gasteiger partial charge in [0.25, 0.3) is 0 Å². The Morgan fingerprint density at radius 1 is 1.40 bits per heavy atom. The van der Waals surface area contributed by atoms with Gasteiger partial charge in [0.15, 0.2) is 0 Å². The maximum atomic E-state index is 12.0. The molecule has 1 rings (SSSR count). The van der Waals surface area contributed by atoms with Crippen molar-refractivity contribution in [1.82, 2.24) is 4.31 Å². The minimum absolute atomic E-state index is 0.0525. The lowest BCUT2D eigenvalue weighted by Gasteiger charge is -2.35. The summed E-state index contributed by atoms with van der Waals surface area (Å²) in [6.07, 6.45) is 1.13. The summed E-state index contributed by atoms with van der Waals surface area (Å²) in [7, 11) is -0.764. The molecule has 1 fully saturated rings. The summed E-state index contributed by atoms with van der Waals surface area (Å²) in [6.45, 7) is 0.927. The highest BCUT2D eigenvalue weighted by Crippen LogP contribution is 2.22. The van der Waals surface area contributed by atoms with Crippen LogP contribution in [0.25, 0.3) is 0 Å². The van der Waals surface area contributed by atoms with E-state index in [1.54, 1.807) is 0 Å². The van der Waals surface area contributed by atoms with Gasteiger partial charge in [-0.1, -0.05) is 0 Å². The molecule has 1 aliphatic rings. The summed E-state index contributed by atoms with van der Waals surface area (Å²) < 4.78 is 34.9. The molecule has 0 atom stereocenters. The summed E-state index contributed by atoms with van der Waals surface area (Å²) in [5.41, 5.74) is -1.03. The lowest BCUT2D eigenvalue weighted by atomic mass is 9.95. The fourth-order valence-corrected chi connectivity index (χ4v) is 3.34. The molecule has 0 spiro atoms. The number of ether oxygens (including phenoxy) is 2. The molecular weight excluding hydrogens is 286 g/mol. The lowest BCUT2D eigenvalue weighted by molar-refractivity contribution is -0.140. The van der Waals surface area contributed by atoms with Gasteiger partial charge in [-0.05, 0) is 6.42 Å². The molecule has 1 aliphatic heterocycles. The number of carbonyl (C=O) groups is 1. The molecule has 1 N–H and O–H groups in total. The molecule has 0 radical (unpaired) electrons. The van der Waals surface area contributed by atoms with Crippen LogP contribution in [0, 0.1) is 0 Å². The van der Waals surface area contributed by atoms with Gasteiger partial charge in [0.2, 0.25) is 10.0 Å². The number of carbonyl (C=O) groups excluding carboxylic acids is 1. The second-order valence-corrected chi connectivity index (χ2v) is 7.28. The molecule has 1 heterocycles. The Morgan fingerprint density at radius 2 is 2.00 bits per heavy atom. The number of sulfonamides is 1. The Kier molecular flexibility index (Phi) is 6.38. The number of nitrogens with zero attached hydrogens (tertiary/aromatic N) is 1. The van der Waals surface area contributed by atoms with Crippen molar-refractivity contribution < 1.29 is 27.8 Å². The molecule has 0 unspecified atom stereocenters. The molecule has 0 aromatic carbocycles. The average molecular weight is 309 g/mol. The average Bonchev–Trinajstić information content (AvgIpc) is 2.38. The van der Waals surface area contributed by atoms with Crippen molar-refractivity contribution in [1.29, 1.82) is 0 Å². The lowest BCUT2D eigenvalue weighted by Crippen LogP contribution is -2.47. The van der Waals surface area contributed by atoms with Crippen molar-refractivity contribution in [3.8, 4) is 0 Å². The van der Waals surface area contributed by atoms with Crippen LogP contribution in [0.3, 0.4) is 0 Å². The van der Waals surface area contributed by atoms with Gasteiger partial charge in [0.1, 0.15) is 0 Å². The summed E-state index contributed by atoms with van der Waals surface area (Å²) in [6, 6.07) is 0. The van der Waals surface area contributed by atoms with Crippen LogP contribution < -0.4 is 0 Å². The van der Waals surface area contributed by atoms with Gasteiger partial charge in [-0.2, -0.15) is 0 Å². The molecule has 0 aromatic heterocycles. The summed E-state index contributed by atoms with van der Waals surface area (Å²) >= 11 is 0. The van der Waals surface area contributed by atoms with E-state index < -0.39 is 21.6 Å². The van der Waals surface area contributed by atoms with Gasteiger partial charge in [0.05, 0.1) is 18.5 Å². The van der Waals surface area contributed by atoms with E-state index in [9.17, 15) is 18.3 Å². The largest absolute Gasteiger partial charge is 0.469 e. The number of hydrogen-bond acceptors (Lipinski definition) is 6. The predicted molar refractivity (Wildman–Crippen MR) is 72.7 cm³/mol. The predicted octanol–water partition coefficient (Wildman–Crippen LogP) is -0.257. The number of esters is 1. The second kappa shape index (κ2) is 7.35. The molecule has 0 saturated carbocycles. The van der Waals surface area contributed by atoms with Crippen molar-refractivity contribution in [2.24, 2.45) is 0 Å². The van der Waals surface area contributed by atoms with E-state index in [1.165, 1.54) is 14.2 Å². The van der Waals surface area contributed by atoms with Gasteiger partial charge in [-0.3, -0.25) is 4.79 Å². The molecule has 20 heavy (non-hydrogen) atoms. The highest BCUT2D eigenvalue weighted by molar-refractivity contribution is 7.89. The van der Waals surface area contributed by atoms with Crippen LogP contribution in [0.2, 0.25) is 0 Å². The third-order valence-electron chi connectivity index (χ3n) is 3.43. The molecule has 8 heteroatoms. The standard InChI is InChI=1S/C12H23NO6S/c1-13(10-12(15)5-7-19-8-6-12)20(16,17)9-3-4-11(14)18-2/h15H,3-10H2,1-2H3. The molecule has 0 amide bonds. The Bertz CT molecular complexity index is 416. The Labute approximate surface area is 119 Å². The van der Waals surface area contributed by atoms with Gasteiger partial charge < -0.3 is 14.6 Å². The smallest absolute Gasteiger partial charge is 0.305 e. The van der Waals surface area contributed by atoms with E-state index in [1.807, 2.05) is 0 Å². The summed E-state index contributed by atoms with van der Waals surface area (Å²) in [5.74, 6) is -0.559. The van der Waals surface area contributed by atoms with Crippen LogP contribution in [0.4, 0.5) is 0 Å². The van der Waals surface area contributed by atoms with Gasteiger partial charge in [0, 0.05) is 46.1 Å². The second-order valence-electron chi connectivity index (χ2n) is 5.09. The van der Waals surface area contributed by atoms with Crippen LogP contribution in [-0.2, 0) is 24.3 Å². The van der Waals surface area contributed by atoms with Crippen molar-refractivity contribution in [2.75, 3.05) is 39.7 Å². The van der Waals surface area contributed by atoms with E-state index in [0.29, 0.717) is 26.1 Å². The third-order valence-corrected chi connectivity index (χ3v) is 5.31. The number of rotatable bonds is 7. The fourth-order valence-electron chi connectivity index (χ4n) is 2.08. The SMILES string of the molecule is COC(=O)CCCS(=O)(=O)N(C)CC1(O)CCOCC1. The van der Waals surface area contributed by atoms with E-state index in [0.717, 1.165) is 4.31 Å². The van der Waals surface area contributed by atoms with E-state index >= 15 is 0 Å². The van der Waals surface area contributed by atoms with E-state index in [2.05, 4.69) is 4.74 Å². The normalized spacial score (nSPS) is 19.0. The topological polar surface area (TPSA) is 93.1 Å². The Hall–Kier alpha value is -0.700. The zero-order valence-corrected chi connectivity index (χ0v) is 12.8. The van der Waals surface area contributed by atoms with Gasteiger partial charge >= 0.3 is 5.97 Å². The minimum atomic E-state index is -3.48. The first-order valence-corrected chi connectivity index (χ1v) is 8.21. The van der Waals surface area contributed by atoms with Crippen LogP contribution in [-0.4, -0.2) is 69.1 Å². The molecule has 1 saturated heterocycles. The van der Waals surface area contributed by atoms with Crippen molar-refractivity contribution in [3.05, 3.63) is 0 Å². The Morgan fingerprint density at radius 3 is 2.55 bits per heavy atom. The highest BCUT2D eigenvalue weighted by Gasteiger charge is 2.34. The number of aliphatic hydroxyl groups is 1. The minimum Gasteiger partial charge on any atom is -0.469 e. The molecule has 0 bridgehead atoms. The fraction of sp³-hybridized carbons (Fsp3) is 0.917. The highest BCUT2D eigenvalue weighted by atomic mass is 32.2. The first kappa shape index (κ1) is 17.4. The molecule has 118 valence electrons. The van der Waals surface area contributed by atoms with Crippen molar-refractivity contribution in [3.63, 3.8) is 0 Å². The molecule has 7 nitrogen and oxygen atoms in total. The van der Waals surface area contributed by atoms with Crippen LogP contribution >= 0.6 is 0 Å². The number of methoxy groups -OCH3 is 1. The number of likely N-dealkylation sites (N-methyl/N-ethyl adjacent to an activating group) is 1. The van der Waals surface area contributed by atoms with Gasteiger partial charge in [-0.15, -0.1) is 0 Å². The first-order chi connectivity index (χ1) is 9.29. The Balaban J connectivity index is 2.47. The number of hydrogen-bond donors (Lipinski definition) is 1. The van der Waals surface area contributed by atoms with Crippen LogP contribution in [0.5, 0.6) is 0 Å². The summed E-state index contributed by atoms with van der Waals surface area (Å²) in [5, 5.41) is 10.3.